The largest absolute Gasteiger partial charge is 0.468 e. The van der Waals surface area contributed by atoms with Crippen molar-refractivity contribution >= 4 is 0 Å². The molecule has 0 aliphatic carbocycles. The molecule has 4 nitrogen and oxygen atoms in total. The van der Waals surface area contributed by atoms with Crippen LogP contribution in [0.15, 0.2) is 22.8 Å². The Balaban J connectivity index is 1.72. The summed E-state index contributed by atoms with van der Waals surface area (Å²) in [6, 6.07) is 4.96. The molecule has 0 bridgehead atoms. The van der Waals surface area contributed by atoms with Gasteiger partial charge in [-0.2, -0.15) is 0 Å². The summed E-state index contributed by atoms with van der Waals surface area (Å²) in [4.78, 5) is 2.42. The Morgan fingerprint density at radius 1 is 1.56 bits per heavy atom. The minimum atomic E-state index is 0.350. The molecule has 1 aromatic heterocycles. The Kier molecular flexibility index (Phi) is 4.80. The number of furan rings is 1. The second-order valence-corrected chi connectivity index (χ2v) is 5.16. The van der Waals surface area contributed by atoms with Gasteiger partial charge in [-0.15, -0.1) is 0 Å². The molecular weight excluding hydrogens is 228 g/mol. The van der Waals surface area contributed by atoms with Crippen LogP contribution in [0.4, 0.5) is 0 Å². The Bertz CT molecular complexity index is 340. The van der Waals surface area contributed by atoms with Gasteiger partial charge in [-0.05, 0) is 39.4 Å². The molecular formula is C14H24N2O2. The van der Waals surface area contributed by atoms with Crippen LogP contribution in [0.25, 0.3) is 0 Å². The smallest absolute Gasteiger partial charge is 0.117 e. The van der Waals surface area contributed by atoms with Crippen molar-refractivity contribution in [2.45, 2.75) is 45.0 Å². The molecule has 0 aromatic carbocycles. The van der Waals surface area contributed by atoms with Gasteiger partial charge in [0.05, 0.1) is 18.9 Å². The van der Waals surface area contributed by atoms with Crippen molar-refractivity contribution in [1.82, 2.24) is 10.2 Å². The second kappa shape index (κ2) is 6.36. The van der Waals surface area contributed by atoms with Crippen LogP contribution in [0.1, 0.15) is 26.0 Å². The average molecular weight is 252 g/mol. The molecule has 1 aliphatic heterocycles. The van der Waals surface area contributed by atoms with Crippen molar-refractivity contribution in [1.29, 1.82) is 0 Å². The van der Waals surface area contributed by atoms with E-state index >= 15 is 0 Å². The van der Waals surface area contributed by atoms with E-state index in [-0.39, 0.29) is 0 Å². The number of rotatable bonds is 6. The van der Waals surface area contributed by atoms with E-state index in [9.17, 15) is 0 Å². The fourth-order valence-electron chi connectivity index (χ4n) is 2.54. The van der Waals surface area contributed by atoms with Crippen LogP contribution in [0.2, 0.25) is 0 Å². The minimum Gasteiger partial charge on any atom is -0.468 e. The first-order valence-electron chi connectivity index (χ1n) is 6.75. The zero-order chi connectivity index (χ0) is 13.0. The molecule has 2 heterocycles. The van der Waals surface area contributed by atoms with Crippen molar-refractivity contribution in [2.24, 2.45) is 0 Å². The first kappa shape index (κ1) is 13.6. The second-order valence-electron chi connectivity index (χ2n) is 5.16. The summed E-state index contributed by atoms with van der Waals surface area (Å²) in [5.41, 5.74) is 0. The van der Waals surface area contributed by atoms with Gasteiger partial charge >= 0.3 is 0 Å². The highest BCUT2D eigenvalue weighted by Crippen LogP contribution is 2.19. The van der Waals surface area contributed by atoms with Crippen LogP contribution >= 0.6 is 0 Å². The summed E-state index contributed by atoms with van der Waals surface area (Å²) in [7, 11) is 2.19. The van der Waals surface area contributed by atoms with Gasteiger partial charge in [0.25, 0.3) is 0 Å². The average Bonchev–Trinajstić information content (AvgIpc) is 2.99. The van der Waals surface area contributed by atoms with Gasteiger partial charge in [0, 0.05) is 25.2 Å². The predicted molar refractivity (Wildman–Crippen MR) is 71.5 cm³/mol. The molecule has 102 valence electrons. The summed E-state index contributed by atoms with van der Waals surface area (Å²) in [6.45, 7) is 7.06. The monoisotopic (exact) mass is 252 g/mol. The number of nitrogens with one attached hydrogen (secondary N) is 1. The summed E-state index contributed by atoms with van der Waals surface area (Å²) in [6.07, 6.45) is 3.20. The lowest BCUT2D eigenvalue weighted by atomic mass is 10.1. The van der Waals surface area contributed by atoms with Crippen LogP contribution in [-0.4, -0.2) is 43.3 Å². The number of hydrogen-bond donors (Lipinski definition) is 1. The quantitative estimate of drug-likeness (QED) is 0.838. The topological polar surface area (TPSA) is 37.6 Å². The Morgan fingerprint density at radius 2 is 2.39 bits per heavy atom. The molecule has 1 aromatic rings. The number of likely N-dealkylation sites (N-methyl/N-ethyl adjacent to an activating group) is 1. The number of nitrogens with zero attached hydrogens (tertiary/aromatic N) is 1. The molecule has 1 N–H and O–H groups in total. The van der Waals surface area contributed by atoms with E-state index in [0.29, 0.717) is 18.2 Å². The first-order chi connectivity index (χ1) is 8.68. The number of hydrogen-bond acceptors (Lipinski definition) is 4. The van der Waals surface area contributed by atoms with Gasteiger partial charge in [0.15, 0.2) is 0 Å². The molecule has 0 radical (unpaired) electrons. The number of ether oxygens (including phenoxy) is 1. The van der Waals surface area contributed by atoms with E-state index in [1.807, 2.05) is 12.1 Å². The molecule has 3 atom stereocenters. The summed E-state index contributed by atoms with van der Waals surface area (Å²) in [5, 5.41) is 3.43. The van der Waals surface area contributed by atoms with Crippen molar-refractivity contribution in [2.75, 3.05) is 20.2 Å². The van der Waals surface area contributed by atoms with E-state index in [2.05, 4.69) is 31.1 Å². The minimum absolute atomic E-state index is 0.350. The normalized spacial score (nSPS) is 25.8. The Hall–Kier alpha value is -0.840. The Morgan fingerprint density at radius 3 is 3.00 bits per heavy atom. The van der Waals surface area contributed by atoms with E-state index in [4.69, 9.17) is 9.15 Å². The molecule has 3 unspecified atom stereocenters. The highest BCUT2D eigenvalue weighted by Gasteiger charge is 2.29. The van der Waals surface area contributed by atoms with E-state index in [1.165, 1.54) is 0 Å². The van der Waals surface area contributed by atoms with Crippen molar-refractivity contribution < 1.29 is 9.15 Å². The van der Waals surface area contributed by atoms with E-state index in [1.54, 1.807) is 6.26 Å². The maximum absolute atomic E-state index is 5.62. The summed E-state index contributed by atoms with van der Waals surface area (Å²) in [5.74, 6) is 0.988. The van der Waals surface area contributed by atoms with Crippen LogP contribution in [0.3, 0.4) is 0 Å². The third kappa shape index (κ3) is 3.34. The van der Waals surface area contributed by atoms with Crippen molar-refractivity contribution in [3.8, 4) is 0 Å². The molecule has 1 aliphatic rings. The Labute approximate surface area is 109 Å². The molecule has 1 fully saturated rings. The predicted octanol–water partition coefficient (Wildman–Crippen LogP) is 1.87. The molecule has 0 amide bonds. The standard InChI is InChI=1S/C14H24N2O2/c1-11(9-15-10-13-5-4-7-18-13)16(3)14-6-8-17-12(14)2/h4-5,7,11-12,14-15H,6,8-10H2,1-3H3. The van der Waals surface area contributed by atoms with Crippen LogP contribution in [0.5, 0.6) is 0 Å². The zero-order valence-corrected chi connectivity index (χ0v) is 11.6. The third-order valence-electron chi connectivity index (χ3n) is 3.87. The molecule has 4 heteroatoms. The maximum atomic E-state index is 5.62. The molecule has 2 rings (SSSR count). The van der Waals surface area contributed by atoms with Crippen LogP contribution < -0.4 is 5.32 Å². The summed E-state index contributed by atoms with van der Waals surface area (Å²) < 4.78 is 10.9. The lowest BCUT2D eigenvalue weighted by Gasteiger charge is -2.32. The third-order valence-corrected chi connectivity index (χ3v) is 3.87. The van der Waals surface area contributed by atoms with Gasteiger partial charge in [-0.3, -0.25) is 4.90 Å². The zero-order valence-electron chi connectivity index (χ0n) is 11.6. The van der Waals surface area contributed by atoms with Crippen molar-refractivity contribution in [3.05, 3.63) is 24.2 Å². The fourth-order valence-corrected chi connectivity index (χ4v) is 2.54. The van der Waals surface area contributed by atoms with Gasteiger partial charge in [0.1, 0.15) is 5.76 Å². The van der Waals surface area contributed by atoms with Gasteiger partial charge in [0.2, 0.25) is 0 Å². The fraction of sp³-hybridized carbons (Fsp3) is 0.714. The molecule has 1 saturated heterocycles. The first-order valence-corrected chi connectivity index (χ1v) is 6.75. The van der Waals surface area contributed by atoms with Crippen LogP contribution in [0, 0.1) is 0 Å². The van der Waals surface area contributed by atoms with Gasteiger partial charge in [-0.25, -0.2) is 0 Å². The lowest BCUT2D eigenvalue weighted by Crippen LogP contribution is -2.46. The highest BCUT2D eigenvalue weighted by molar-refractivity contribution is 4.97. The lowest BCUT2D eigenvalue weighted by molar-refractivity contribution is 0.0702. The van der Waals surface area contributed by atoms with E-state index in [0.717, 1.165) is 31.9 Å². The van der Waals surface area contributed by atoms with Crippen LogP contribution in [-0.2, 0) is 11.3 Å². The molecule has 0 spiro atoms. The summed E-state index contributed by atoms with van der Waals surface area (Å²) >= 11 is 0. The van der Waals surface area contributed by atoms with E-state index < -0.39 is 0 Å². The molecule has 0 saturated carbocycles. The SMILES string of the molecule is CC1OCCC1N(C)C(C)CNCc1ccco1. The maximum Gasteiger partial charge on any atom is 0.117 e. The highest BCUT2D eigenvalue weighted by atomic mass is 16.5. The molecule has 18 heavy (non-hydrogen) atoms. The van der Waals surface area contributed by atoms with Crippen molar-refractivity contribution in [3.63, 3.8) is 0 Å². The van der Waals surface area contributed by atoms with Gasteiger partial charge in [-0.1, -0.05) is 0 Å². The van der Waals surface area contributed by atoms with Gasteiger partial charge < -0.3 is 14.5 Å².